The Balaban J connectivity index is 1.88. The maximum Gasteiger partial charge on any atom is 0.183 e. The predicted molar refractivity (Wildman–Crippen MR) is 93.3 cm³/mol. The molecule has 0 unspecified atom stereocenters. The van der Waals surface area contributed by atoms with Crippen molar-refractivity contribution in [2.75, 3.05) is 0 Å². The highest BCUT2D eigenvalue weighted by atomic mass is 35.5. The van der Waals surface area contributed by atoms with Gasteiger partial charge in [0.05, 0.1) is 0 Å². The van der Waals surface area contributed by atoms with Crippen molar-refractivity contribution >= 4 is 17.2 Å². The van der Waals surface area contributed by atoms with Gasteiger partial charge in [0.25, 0.3) is 0 Å². The first-order valence-corrected chi connectivity index (χ1v) is 7.84. The van der Waals surface area contributed by atoms with E-state index >= 15 is 0 Å². The first-order chi connectivity index (χ1) is 11.2. The Morgan fingerprint density at radius 2 is 1.91 bits per heavy atom. The summed E-state index contributed by atoms with van der Waals surface area (Å²) in [5.41, 5.74) is 4.01. The van der Waals surface area contributed by atoms with Crippen LogP contribution in [0.25, 0.3) is 5.57 Å². The molecule has 0 amide bonds. The average molecular weight is 325 g/mol. The minimum atomic E-state index is 0.328. The van der Waals surface area contributed by atoms with Gasteiger partial charge in [-0.1, -0.05) is 71.8 Å². The molecule has 0 aliphatic heterocycles. The van der Waals surface area contributed by atoms with Crippen molar-refractivity contribution in [2.24, 2.45) is 0 Å². The molecule has 0 spiro atoms. The molecule has 3 rings (SSSR count). The second-order valence-electron chi connectivity index (χ2n) is 5.29. The summed E-state index contributed by atoms with van der Waals surface area (Å²) in [6.45, 7) is 2.50. The van der Waals surface area contributed by atoms with E-state index in [2.05, 4.69) is 35.1 Å². The van der Waals surface area contributed by atoms with Crippen molar-refractivity contribution < 1.29 is 4.74 Å². The van der Waals surface area contributed by atoms with Gasteiger partial charge in [0, 0.05) is 5.57 Å². The van der Waals surface area contributed by atoms with Gasteiger partial charge < -0.3 is 4.74 Å². The molecule has 0 bridgehead atoms. The topological polar surface area (TPSA) is 35.0 Å². The van der Waals surface area contributed by atoms with E-state index in [4.69, 9.17) is 16.3 Å². The van der Waals surface area contributed by atoms with E-state index < -0.39 is 0 Å². The van der Waals surface area contributed by atoms with Crippen LogP contribution in [-0.4, -0.2) is 9.97 Å². The van der Waals surface area contributed by atoms with Crippen molar-refractivity contribution in [3.8, 4) is 5.75 Å². The SMILES string of the molecule is CC1=CCC=C(c2ncnc(Cl)c2OCc2ccccc2)C=C1. The summed E-state index contributed by atoms with van der Waals surface area (Å²) in [6.07, 6.45) is 10.7. The van der Waals surface area contributed by atoms with Crippen LogP contribution in [0.2, 0.25) is 5.15 Å². The Kier molecular flexibility index (Phi) is 4.89. The van der Waals surface area contributed by atoms with Crippen LogP contribution in [0.15, 0.2) is 66.5 Å². The summed E-state index contributed by atoms with van der Waals surface area (Å²) < 4.78 is 5.93. The van der Waals surface area contributed by atoms with E-state index in [9.17, 15) is 0 Å². The van der Waals surface area contributed by atoms with Gasteiger partial charge in [-0.25, -0.2) is 9.97 Å². The molecule has 0 saturated carbocycles. The number of ether oxygens (including phenoxy) is 1. The van der Waals surface area contributed by atoms with Crippen LogP contribution in [0.1, 0.15) is 24.6 Å². The maximum atomic E-state index is 6.24. The number of aromatic nitrogens is 2. The summed E-state index contributed by atoms with van der Waals surface area (Å²) in [6, 6.07) is 9.95. The molecule has 0 radical (unpaired) electrons. The van der Waals surface area contributed by atoms with E-state index in [0.29, 0.717) is 17.5 Å². The molecule has 23 heavy (non-hydrogen) atoms. The summed E-state index contributed by atoms with van der Waals surface area (Å²) >= 11 is 6.24. The van der Waals surface area contributed by atoms with Crippen LogP contribution in [-0.2, 0) is 6.61 Å². The lowest BCUT2D eigenvalue weighted by atomic mass is 10.1. The molecule has 1 aromatic carbocycles. The van der Waals surface area contributed by atoms with Gasteiger partial charge in [-0.05, 0) is 18.9 Å². The number of rotatable bonds is 4. The molecule has 0 atom stereocenters. The second-order valence-corrected chi connectivity index (χ2v) is 5.65. The number of hydrogen-bond acceptors (Lipinski definition) is 3. The first kappa shape index (κ1) is 15.5. The molecule has 1 aliphatic carbocycles. The second kappa shape index (κ2) is 7.25. The van der Waals surface area contributed by atoms with Crippen LogP contribution in [0, 0.1) is 0 Å². The van der Waals surface area contributed by atoms with Crippen molar-refractivity contribution in [1.82, 2.24) is 9.97 Å². The third kappa shape index (κ3) is 3.88. The zero-order valence-corrected chi connectivity index (χ0v) is 13.6. The molecule has 3 nitrogen and oxygen atoms in total. The first-order valence-electron chi connectivity index (χ1n) is 7.46. The number of halogens is 1. The molecule has 1 aliphatic rings. The van der Waals surface area contributed by atoms with Gasteiger partial charge in [0.1, 0.15) is 18.6 Å². The zero-order chi connectivity index (χ0) is 16.1. The van der Waals surface area contributed by atoms with Gasteiger partial charge in [-0.3, -0.25) is 0 Å². The smallest absolute Gasteiger partial charge is 0.183 e. The van der Waals surface area contributed by atoms with Crippen molar-refractivity contribution in [2.45, 2.75) is 20.0 Å². The van der Waals surface area contributed by atoms with Crippen LogP contribution in [0.4, 0.5) is 0 Å². The van der Waals surface area contributed by atoms with E-state index in [1.807, 2.05) is 36.4 Å². The highest BCUT2D eigenvalue weighted by Crippen LogP contribution is 2.32. The molecular formula is C19H17ClN2O. The van der Waals surface area contributed by atoms with E-state index in [-0.39, 0.29) is 0 Å². The molecule has 1 heterocycles. The van der Waals surface area contributed by atoms with E-state index in [0.717, 1.165) is 23.3 Å². The largest absolute Gasteiger partial charge is 0.483 e. The number of allylic oxidation sites excluding steroid dienone is 6. The van der Waals surface area contributed by atoms with Gasteiger partial charge in [0.2, 0.25) is 0 Å². The third-order valence-corrected chi connectivity index (χ3v) is 3.83. The normalized spacial score (nSPS) is 14.0. The lowest BCUT2D eigenvalue weighted by Crippen LogP contribution is -2.02. The van der Waals surface area contributed by atoms with Crippen LogP contribution in [0.5, 0.6) is 5.75 Å². The van der Waals surface area contributed by atoms with Gasteiger partial charge in [-0.15, -0.1) is 0 Å². The fourth-order valence-electron chi connectivity index (χ4n) is 2.32. The molecule has 0 saturated heterocycles. The average Bonchev–Trinajstić information content (AvgIpc) is 2.79. The van der Waals surface area contributed by atoms with Crippen molar-refractivity contribution in [3.63, 3.8) is 0 Å². The summed E-state index contributed by atoms with van der Waals surface area (Å²) in [5, 5.41) is 0.328. The molecular weight excluding hydrogens is 308 g/mol. The predicted octanol–water partition coefficient (Wildman–Crippen LogP) is 5.00. The fourth-order valence-corrected chi connectivity index (χ4v) is 2.51. The fraction of sp³-hybridized carbons (Fsp3) is 0.158. The molecule has 4 heteroatoms. The van der Waals surface area contributed by atoms with Crippen LogP contribution < -0.4 is 4.74 Å². The van der Waals surface area contributed by atoms with Gasteiger partial charge >= 0.3 is 0 Å². The summed E-state index contributed by atoms with van der Waals surface area (Å²) in [5.74, 6) is 0.522. The number of nitrogens with zero attached hydrogens (tertiary/aromatic N) is 2. The lowest BCUT2D eigenvalue weighted by molar-refractivity contribution is 0.303. The Hall–Kier alpha value is -2.39. The van der Waals surface area contributed by atoms with Crippen LogP contribution >= 0.6 is 11.6 Å². The van der Waals surface area contributed by atoms with Crippen molar-refractivity contribution in [1.29, 1.82) is 0 Å². The maximum absolute atomic E-state index is 6.24. The number of benzene rings is 1. The highest BCUT2D eigenvalue weighted by molar-refractivity contribution is 6.31. The molecule has 1 aromatic heterocycles. The summed E-state index contributed by atoms with van der Waals surface area (Å²) in [4.78, 5) is 8.43. The Labute approximate surface area is 141 Å². The van der Waals surface area contributed by atoms with Gasteiger partial charge in [-0.2, -0.15) is 0 Å². The quantitative estimate of drug-likeness (QED) is 0.742. The standard InChI is InChI=1S/C19H17ClN2O/c1-14-6-5-9-16(11-10-14)17-18(19(20)22-13-21-17)23-12-15-7-3-2-4-8-15/h2-4,6-11,13H,5,12H2,1H3. The lowest BCUT2D eigenvalue weighted by Gasteiger charge is -2.12. The van der Waals surface area contributed by atoms with Crippen LogP contribution in [0.3, 0.4) is 0 Å². The van der Waals surface area contributed by atoms with Gasteiger partial charge in [0.15, 0.2) is 10.9 Å². The molecule has 116 valence electrons. The zero-order valence-electron chi connectivity index (χ0n) is 12.9. The van der Waals surface area contributed by atoms with E-state index in [1.165, 1.54) is 11.9 Å². The third-order valence-electron chi connectivity index (χ3n) is 3.56. The summed E-state index contributed by atoms with van der Waals surface area (Å²) in [7, 11) is 0. The van der Waals surface area contributed by atoms with E-state index in [1.54, 1.807) is 0 Å². The highest BCUT2D eigenvalue weighted by Gasteiger charge is 2.15. The minimum Gasteiger partial charge on any atom is -0.483 e. The number of hydrogen-bond donors (Lipinski definition) is 0. The Morgan fingerprint density at radius 1 is 1.09 bits per heavy atom. The Bertz CT molecular complexity index is 779. The minimum absolute atomic E-state index is 0.328. The van der Waals surface area contributed by atoms with Crippen molar-refractivity contribution in [3.05, 3.63) is 82.9 Å². The molecule has 2 aromatic rings. The molecule has 0 fully saturated rings. The molecule has 0 N–H and O–H groups in total. The Morgan fingerprint density at radius 3 is 2.74 bits per heavy atom. The monoisotopic (exact) mass is 324 g/mol.